The summed E-state index contributed by atoms with van der Waals surface area (Å²) in [4.78, 5) is 28.1. The standard InChI is InChI=1S/C25H26FN3O3/c1-25(2,3)14-21-23(30)27-20(16-7-5-4-6-8-16)15-29(21)24(31)19-13-22(32-28-19)17-9-11-18(26)12-10-17/h4-13,20-21H,14-15H2,1-3H3,(H,27,30)/t20-,21+/m1/s1. The Kier molecular flexibility index (Phi) is 5.82. The van der Waals surface area contributed by atoms with Gasteiger partial charge in [-0.3, -0.25) is 9.59 Å². The van der Waals surface area contributed by atoms with Gasteiger partial charge in [0, 0.05) is 18.2 Å². The molecule has 0 radical (unpaired) electrons. The predicted octanol–water partition coefficient (Wildman–Crippen LogP) is 4.60. The molecule has 7 heteroatoms. The molecule has 0 saturated carbocycles. The maximum Gasteiger partial charge on any atom is 0.276 e. The normalized spacial score (nSPS) is 19.0. The highest BCUT2D eigenvalue weighted by Gasteiger charge is 2.40. The van der Waals surface area contributed by atoms with Crippen molar-refractivity contribution in [3.8, 4) is 11.3 Å². The van der Waals surface area contributed by atoms with E-state index >= 15 is 0 Å². The van der Waals surface area contributed by atoms with E-state index in [2.05, 4.69) is 10.5 Å². The topological polar surface area (TPSA) is 75.4 Å². The second-order valence-electron chi connectivity index (χ2n) is 9.29. The Balaban J connectivity index is 1.64. The second kappa shape index (κ2) is 8.57. The zero-order chi connectivity index (χ0) is 22.9. The molecule has 166 valence electrons. The highest BCUT2D eigenvalue weighted by atomic mass is 19.1. The van der Waals surface area contributed by atoms with E-state index in [-0.39, 0.29) is 34.8 Å². The average Bonchev–Trinajstić information content (AvgIpc) is 3.25. The molecule has 32 heavy (non-hydrogen) atoms. The number of halogens is 1. The highest BCUT2D eigenvalue weighted by molar-refractivity contribution is 5.97. The lowest BCUT2D eigenvalue weighted by molar-refractivity contribution is -0.130. The van der Waals surface area contributed by atoms with E-state index in [0.29, 0.717) is 24.3 Å². The lowest BCUT2D eigenvalue weighted by Crippen LogP contribution is -2.59. The van der Waals surface area contributed by atoms with Crippen LogP contribution in [0.3, 0.4) is 0 Å². The summed E-state index contributed by atoms with van der Waals surface area (Å²) in [6, 6.07) is 15.9. The van der Waals surface area contributed by atoms with Crippen molar-refractivity contribution < 1.29 is 18.5 Å². The molecule has 1 aromatic heterocycles. The van der Waals surface area contributed by atoms with E-state index in [0.717, 1.165) is 5.56 Å². The van der Waals surface area contributed by atoms with Crippen LogP contribution in [0.5, 0.6) is 0 Å². The Morgan fingerprint density at radius 2 is 1.84 bits per heavy atom. The SMILES string of the molecule is CC(C)(C)C[C@H]1C(=O)N[C@@H](c2ccccc2)CN1C(=O)c1cc(-c2ccc(F)cc2)on1. The number of nitrogens with zero attached hydrogens (tertiary/aromatic N) is 2. The number of benzene rings is 2. The first-order chi connectivity index (χ1) is 15.2. The van der Waals surface area contributed by atoms with Crippen LogP contribution < -0.4 is 5.32 Å². The van der Waals surface area contributed by atoms with Gasteiger partial charge in [0.25, 0.3) is 5.91 Å². The number of rotatable bonds is 4. The molecule has 2 aromatic carbocycles. The van der Waals surface area contributed by atoms with Crippen molar-refractivity contribution in [2.24, 2.45) is 5.41 Å². The van der Waals surface area contributed by atoms with Crippen LogP contribution in [0.1, 0.15) is 49.3 Å². The summed E-state index contributed by atoms with van der Waals surface area (Å²) >= 11 is 0. The van der Waals surface area contributed by atoms with Gasteiger partial charge in [0.15, 0.2) is 11.5 Å². The Bertz CT molecular complexity index is 1100. The minimum absolute atomic E-state index is 0.116. The second-order valence-corrected chi connectivity index (χ2v) is 9.29. The van der Waals surface area contributed by atoms with Crippen molar-refractivity contribution in [3.63, 3.8) is 0 Å². The smallest absolute Gasteiger partial charge is 0.276 e. The summed E-state index contributed by atoms with van der Waals surface area (Å²) in [6.07, 6.45) is 0.509. The van der Waals surface area contributed by atoms with Gasteiger partial charge in [0.2, 0.25) is 5.91 Å². The van der Waals surface area contributed by atoms with Gasteiger partial charge >= 0.3 is 0 Å². The predicted molar refractivity (Wildman–Crippen MR) is 118 cm³/mol. The molecule has 0 unspecified atom stereocenters. The van der Waals surface area contributed by atoms with E-state index < -0.39 is 6.04 Å². The van der Waals surface area contributed by atoms with Gasteiger partial charge in [0.05, 0.1) is 6.04 Å². The van der Waals surface area contributed by atoms with Gasteiger partial charge in [0.1, 0.15) is 11.9 Å². The van der Waals surface area contributed by atoms with Crippen LogP contribution in [0.15, 0.2) is 65.2 Å². The Morgan fingerprint density at radius 1 is 1.16 bits per heavy atom. The molecule has 1 fully saturated rings. The molecule has 3 aromatic rings. The minimum atomic E-state index is -0.617. The summed E-state index contributed by atoms with van der Waals surface area (Å²) < 4.78 is 18.6. The van der Waals surface area contributed by atoms with Gasteiger partial charge in [-0.15, -0.1) is 0 Å². The van der Waals surface area contributed by atoms with E-state index in [1.54, 1.807) is 17.0 Å². The Hall–Kier alpha value is -3.48. The first-order valence-corrected chi connectivity index (χ1v) is 10.6. The van der Waals surface area contributed by atoms with E-state index in [1.807, 2.05) is 51.1 Å². The quantitative estimate of drug-likeness (QED) is 0.650. The fraction of sp³-hybridized carbons (Fsp3) is 0.320. The summed E-state index contributed by atoms with van der Waals surface area (Å²) in [5.74, 6) is -0.551. The third-order valence-corrected chi connectivity index (χ3v) is 5.50. The van der Waals surface area contributed by atoms with Crippen LogP contribution >= 0.6 is 0 Å². The Morgan fingerprint density at radius 3 is 2.50 bits per heavy atom. The molecule has 1 saturated heterocycles. The fourth-order valence-electron chi connectivity index (χ4n) is 3.93. The van der Waals surface area contributed by atoms with E-state index in [9.17, 15) is 14.0 Å². The van der Waals surface area contributed by atoms with Crippen molar-refractivity contribution in [2.45, 2.75) is 39.3 Å². The van der Waals surface area contributed by atoms with Gasteiger partial charge in [-0.25, -0.2) is 4.39 Å². The average molecular weight is 435 g/mol. The van der Waals surface area contributed by atoms with Crippen LogP contribution in [0, 0.1) is 11.2 Å². The lowest BCUT2D eigenvalue weighted by atomic mass is 9.85. The van der Waals surface area contributed by atoms with Crippen molar-refractivity contribution in [3.05, 3.63) is 77.7 Å². The summed E-state index contributed by atoms with van der Waals surface area (Å²) in [7, 11) is 0. The van der Waals surface area contributed by atoms with Gasteiger partial charge < -0.3 is 14.7 Å². The molecule has 0 aliphatic carbocycles. The number of carbonyl (C=O) groups excluding carboxylic acids is 2. The number of carbonyl (C=O) groups is 2. The Labute approximate surface area is 186 Å². The molecule has 0 spiro atoms. The van der Waals surface area contributed by atoms with Crippen molar-refractivity contribution in [1.82, 2.24) is 15.4 Å². The molecule has 4 rings (SSSR count). The minimum Gasteiger partial charge on any atom is -0.355 e. The fourth-order valence-corrected chi connectivity index (χ4v) is 3.93. The zero-order valence-corrected chi connectivity index (χ0v) is 18.3. The molecule has 6 nitrogen and oxygen atoms in total. The van der Waals surface area contributed by atoms with Crippen molar-refractivity contribution in [1.29, 1.82) is 0 Å². The van der Waals surface area contributed by atoms with E-state index in [4.69, 9.17) is 4.52 Å². The summed E-state index contributed by atoms with van der Waals surface area (Å²) in [6.45, 7) is 6.44. The number of amides is 2. The largest absolute Gasteiger partial charge is 0.355 e. The van der Waals surface area contributed by atoms with Crippen LogP contribution in [0.4, 0.5) is 4.39 Å². The number of piperazine rings is 1. The first kappa shape index (κ1) is 21.7. The number of nitrogens with one attached hydrogen (secondary N) is 1. The molecule has 2 amide bonds. The number of hydrogen-bond donors (Lipinski definition) is 1. The van der Waals surface area contributed by atoms with Crippen LogP contribution in [-0.4, -0.2) is 34.5 Å². The van der Waals surface area contributed by atoms with Crippen LogP contribution in [0.25, 0.3) is 11.3 Å². The molecule has 2 heterocycles. The molecular formula is C25H26FN3O3. The molecule has 1 N–H and O–H groups in total. The van der Waals surface area contributed by atoms with Gasteiger partial charge in [-0.1, -0.05) is 56.3 Å². The maximum absolute atomic E-state index is 13.5. The van der Waals surface area contributed by atoms with E-state index in [1.165, 1.54) is 18.2 Å². The molecule has 1 aliphatic heterocycles. The molecule has 1 aliphatic rings. The molecular weight excluding hydrogens is 409 g/mol. The lowest BCUT2D eigenvalue weighted by Gasteiger charge is -2.41. The zero-order valence-electron chi connectivity index (χ0n) is 18.3. The van der Waals surface area contributed by atoms with Crippen LogP contribution in [0.2, 0.25) is 0 Å². The van der Waals surface area contributed by atoms with Crippen LogP contribution in [-0.2, 0) is 4.79 Å². The van der Waals surface area contributed by atoms with Gasteiger partial charge in [-0.2, -0.15) is 0 Å². The number of hydrogen-bond acceptors (Lipinski definition) is 4. The summed E-state index contributed by atoms with van der Waals surface area (Å²) in [5.41, 5.74) is 1.50. The molecule has 2 atom stereocenters. The monoisotopic (exact) mass is 435 g/mol. The van der Waals surface area contributed by atoms with Crippen molar-refractivity contribution in [2.75, 3.05) is 6.54 Å². The maximum atomic E-state index is 13.5. The van der Waals surface area contributed by atoms with Crippen molar-refractivity contribution >= 4 is 11.8 Å². The van der Waals surface area contributed by atoms with Gasteiger partial charge in [-0.05, 0) is 41.7 Å². The third kappa shape index (κ3) is 4.72. The molecule has 0 bridgehead atoms. The highest BCUT2D eigenvalue weighted by Crippen LogP contribution is 2.30. The first-order valence-electron chi connectivity index (χ1n) is 10.6. The third-order valence-electron chi connectivity index (χ3n) is 5.50. The summed E-state index contributed by atoms with van der Waals surface area (Å²) in [5, 5.41) is 7.02. The number of aromatic nitrogens is 1.